The fourth-order valence-corrected chi connectivity index (χ4v) is 3.62. The van der Waals surface area contributed by atoms with Crippen molar-refractivity contribution < 1.29 is 19.1 Å². The van der Waals surface area contributed by atoms with Gasteiger partial charge in [0.1, 0.15) is 12.0 Å². The molecule has 26 heavy (non-hydrogen) atoms. The van der Waals surface area contributed by atoms with Gasteiger partial charge in [-0.15, -0.1) is 0 Å². The number of esters is 2. The summed E-state index contributed by atoms with van der Waals surface area (Å²) >= 11 is 1.24. The van der Waals surface area contributed by atoms with Gasteiger partial charge < -0.3 is 13.9 Å². The van der Waals surface area contributed by atoms with Crippen LogP contribution in [-0.2, 0) is 19.1 Å². The maximum Gasteiger partial charge on any atom is 0.330 e. The van der Waals surface area contributed by atoms with Gasteiger partial charge in [0.25, 0.3) is 0 Å². The second kappa shape index (κ2) is 8.59. The number of pyridine rings is 1. The van der Waals surface area contributed by atoms with E-state index in [1.807, 2.05) is 30.5 Å². The first-order valence-corrected chi connectivity index (χ1v) is 9.04. The maximum atomic E-state index is 11.7. The van der Waals surface area contributed by atoms with E-state index in [1.54, 1.807) is 13.0 Å². The van der Waals surface area contributed by atoms with E-state index in [4.69, 9.17) is 9.47 Å². The van der Waals surface area contributed by atoms with Crippen LogP contribution in [0.2, 0.25) is 0 Å². The molecular formula is C19H20N2O4S. The molecule has 0 aromatic carbocycles. The van der Waals surface area contributed by atoms with Crippen LogP contribution in [0, 0.1) is 25.2 Å². The summed E-state index contributed by atoms with van der Waals surface area (Å²) in [4.78, 5) is 23.4. The largest absolute Gasteiger partial charge is 0.463 e. The minimum atomic E-state index is -0.457. The molecule has 0 aliphatic rings. The predicted octanol–water partition coefficient (Wildman–Crippen LogP) is 3.62. The van der Waals surface area contributed by atoms with Crippen LogP contribution in [0.5, 0.6) is 0 Å². The molecule has 0 unspecified atom stereocenters. The lowest BCUT2D eigenvalue weighted by molar-refractivity contribution is -0.139. The summed E-state index contributed by atoms with van der Waals surface area (Å²) < 4.78 is 11.8. The topological polar surface area (TPSA) is 80.8 Å². The summed E-state index contributed by atoms with van der Waals surface area (Å²) in [6, 6.07) is 4.23. The van der Waals surface area contributed by atoms with Crippen molar-refractivity contribution in [3.8, 4) is 6.07 Å². The molecule has 0 saturated heterocycles. The summed E-state index contributed by atoms with van der Waals surface area (Å²) in [5.41, 5.74) is 3.91. The second-order valence-corrected chi connectivity index (χ2v) is 6.54. The quantitative estimate of drug-likeness (QED) is 0.333. The Kier molecular flexibility index (Phi) is 6.47. The van der Waals surface area contributed by atoms with Crippen LogP contribution in [0.15, 0.2) is 23.2 Å². The van der Waals surface area contributed by atoms with Gasteiger partial charge in [0, 0.05) is 19.2 Å². The fourth-order valence-electron chi connectivity index (χ4n) is 2.67. The molecule has 136 valence electrons. The smallest absolute Gasteiger partial charge is 0.330 e. The number of aromatic nitrogens is 1. The minimum absolute atomic E-state index is 0.0825. The molecule has 6 nitrogen and oxygen atoms in total. The number of rotatable bonds is 6. The molecule has 0 N–H and O–H groups in total. The Morgan fingerprint density at radius 2 is 2.08 bits per heavy atom. The van der Waals surface area contributed by atoms with E-state index in [9.17, 15) is 14.9 Å². The van der Waals surface area contributed by atoms with Crippen LogP contribution in [0.4, 0.5) is 0 Å². The van der Waals surface area contributed by atoms with Gasteiger partial charge in [-0.1, -0.05) is 17.8 Å². The van der Waals surface area contributed by atoms with Crippen molar-refractivity contribution >= 4 is 35.3 Å². The molecule has 2 aromatic heterocycles. The van der Waals surface area contributed by atoms with E-state index in [0.29, 0.717) is 16.2 Å². The third kappa shape index (κ3) is 4.27. The van der Waals surface area contributed by atoms with Crippen molar-refractivity contribution in [1.82, 2.24) is 4.40 Å². The second-order valence-electron chi connectivity index (χ2n) is 5.60. The van der Waals surface area contributed by atoms with Crippen molar-refractivity contribution in [3.05, 3.63) is 40.7 Å². The van der Waals surface area contributed by atoms with Gasteiger partial charge in [-0.25, -0.2) is 4.79 Å². The van der Waals surface area contributed by atoms with Gasteiger partial charge in [-0.2, -0.15) is 5.26 Å². The third-order valence-corrected chi connectivity index (χ3v) is 4.53. The highest BCUT2D eigenvalue weighted by molar-refractivity contribution is 7.99. The first-order valence-electron chi connectivity index (χ1n) is 8.05. The van der Waals surface area contributed by atoms with E-state index >= 15 is 0 Å². The Morgan fingerprint density at radius 1 is 1.35 bits per heavy atom. The fraction of sp³-hybridized carbons (Fsp3) is 0.316. The zero-order valence-corrected chi connectivity index (χ0v) is 16.0. The highest BCUT2D eigenvalue weighted by atomic mass is 32.2. The number of fused-ring (bicyclic) bond motifs is 1. The summed E-state index contributed by atoms with van der Waals surface area (Å²) in [6.07, 6.45) is 4.87. The lowest BCUT2D eigenvalue weighted by Crippen LogP contribution is -2.00. The number of carbonyl (C=O) groups is 2. The molecule has 0 radical (unpaired) electrons. The summed E-state index contributed by atoms with van der Waals surface area (Å²) in [5.74, 6) is -0.768. The van der Waals surface area contributed by atoms with Crippen molar-refractivity contribution in [2.75, 3.05) is 12.5 Å². The van der Waals surface area contributed by atoms with E-state index in [0.717, 1.165) is 16.6 Å². The molecule has 2 heterocycles. The molecule has 0 atom stereocenters. The summed E-state index contributed by atoms with van der Waals surface area (Å²) in [5, 5.41) is 9.69. The van der Waals surface area contributed by atoms with Gasteiger partial charge in [0.05, 0.1) is 28.3 Å². The molecule has 0 spiro atoms. The van der Waals surface area contributed by atoms with E-state index < -0.39 is 11.9 Å². The van der Waals surface area contributed by atoms with Crippen LogP contribution in [0.3, 0.4) is 0 Å². The third-order valence-electron chi connectivity index (χ3n) is 3.59. The van der Waals surface area contributed by atoms with Crippen LogP contribution < -0.4 is 0 Å². The average molecular weight is 372 g/mol. The highest BCUT2D eigenvalue weighted by Crippen LogP contribution is 2.35. The van der Waals surface area contributed by atoms with E-state index in [2.05, 4.69) is 6.07 Å². The van der Waals surface area contributed by atoms with Crippen molar-refractivity contribution in [1.29, 1.82) is 5.26 Å². The number of carbonyl (C=O) groups excluding carboxylic acids is 2. The molecule has 0 saturated carbocycles. The summed E-state index contributed by atoms with van der Waals surface area (Å²) in [6.45, 7) is 7.25. The molecular weight excluding hydrogens is 352 g/mol. The zero-order valence-electron chi connectivity index (χ0n) is 15.2. The van der Waals surface area contributed by atoms with Gasteiger partial charge in [-0.05, 0) is 38.0 Å². The number of nitrogens with zero attached hydrogens (tertiary/aromatic N) is 2. The Bertz CT molecular complexity index is 922. The summed E-state index contributed by atoms with van der Waals surface area (Å²) in [7, 11) is 0. The molecule has 2 aromatic rings. The van der Waals surface area contributed by atoms with Gasteiger partial charge in [0.2, 0.25) is 0 Å². The van der Waals surface area contributed by atoms with E-state index in [-0.39, 0.29) is 12.5 Å². The Hall–Kier alpha value is -2.72. The van der Waals surface area contributed by atoms with E-state index in [1.165, 1.54) is 24.8 Å². The minimum Gasteiger partial charge on any atom is -0.463 e. The predicted molar refractivity (Wildman–Crippen MR) is 99.7 cm³/mol. The van der Waals surface area contributed by atoms with Crippen molar-refractivity contribution in [3.63, 3.8) is 0 Å². The number of ether oxygens (including phenoxy) is 2. The van der Waals surface area contributed by atoms with Crippen molar-refractivity contribution in [2.24, 2.45) is 0 Å². The Morgan fingerprint density at radius 3 is 2.69 bits per heavy atom. The molecule has 0 aliphatic heterocycles. The lowest BCUT2D eigenvalue weighted by Gasteiger charge is -2.05. The highest BCUT2D eigenvalue weighted by Gasteiger charge is 2.19. The Labute approximate surface area is 156 Å². The standard InChI is InChI=1S/C19H20N2O4S/c1-5-24-17(23)7-6-16-19(26-11-25-14(4)22)15(9-20)18-13(3)8-12(2)10-21(16)18/h6-8,10H,5,11H2,1-4H3/b7-6+. The molecule has 0 aliphatic carbocycles. The average Bonchev–Trinajstić information content (AvgIpc) is 2.86. The van der Waals surface area contributed by atoms with Crippen LogP contribution in [0.1, 0.15) is 36.2 Å². The molecule has 0 bridgehead atoms. The molecule has 2 rings (SSSR count). The molecule has 7 heteroatoms. The maximum absolute atomic E-state index is 11.7. The van der Waals surface area contributed by atoms with Crippen LogP contribution >= 0.6 is 11.8 Å². The number of hydrogen-bond acceptors (Lipinski definition) is 6. The Balaban J connectivity index is 2.62. The van der Waals surface area contributed by atoms with Gasteiger partial charge >= 0.3 is 11.9 Å². The molecule has 0 fully saturated rings. The van der Waals surface area contributed by atoms with Gasteiger partial charge in [-0.3, -0.25) is 4.79 Å². The van der Waals surface area contributed by atoms with Crippen LogP contribution in [0.25, 0.3) is 11.6 Å². The first kappa shape index (κ1) is 19.6. The van der Waals surface area contributed by atoms with Crippen LogP contribution in [-0.4, -0.2) is 28.9 Å². The monoisotopic (exact) mass is 372 g/mol. The normalized spacial score (nSPS) is 10.9. The van der Waals surface area contributed by atoms with Gasteiger partial charge in [0.15, 0.2) is 0 Å². The lowest BCUT2D eigenvalue weighted by atomic mass is 10.1. The molecule has 0 amide bonds. The number of nitriles is 1. The number of hydrogen-bond donors (Lipinski definition) is 0. The van der Waals surface area contributed by atoms with Crippen molar-refractivity contribution in [2.45, 2.75) is 32.6 Å². The first-order chi connectivity index (χ1) is 12.4. The zero-order chi connectivity index (χ0) is 19.3. The number of aryl methyl sites for hydroxylation is 2. The SMILES string of the molecule is CCOC(=O)/C=C/c1c(SCOC(C)=O)c(C#N)c2c(C)cc(C)cn12. The number of thioether (sulfide) groups is 1.